The van der Waals surface area contributed by atoms with Crippen LogP contribution in [0.2, 0.25) is 0 Å². The summed E-state index contributed by atoms with van der Waals surface area (Å²) in [5.41, 5.74) is 0. The third-order valence-electron chi connectivity index (χ3n) is 2.61. The fraction of sp³-hybridized carbons (Fsp3) is 0.889. The van der Waals surface area contributed by atoms with Crippen molar-refractivity contribution in [2.24, 2.45) is 5.92 Å². The van der Waals surface area contributed by atoms with Gasteiger partial charge in [-0.3, -0.25) is 4.79 Å². The number of rotatable bonds is 8. The van der Waals surface area contributed by atoms with Crippen LogP contribution in [0.25, 0.3) is 0 Å². The largest absolute Gasteiger partial charge is 0.480 e. The van der Waals surface area contributed by atoms with Gasteiger partial charge in [-0.15, -0.1) is 0 Å². The Morgan fingerprint density at radius 2 is 1.83 bits per heavy atom. The van der Waals surface area contributed by atoms with Crippen LogP contribution in [0, 0.1) is 5.92 Å². The van der Waals surface area contributed by atoms with Crippen LogP contribution >= 0.6 is 0 Å². The Bertz CT molecular complexity index is 505. The summed E-state index contributed by atoms with van der Waals surface area (Å²) in [7, 11) is -7.28. The Morgan fingerprint density at radius 3 is 2.22 bits per heavy atom. The standard InChI is InChI=1S/C9H17NO6S2/c1-17(13,14)4-5-18(15,16)10-8(9(11)12)6-7-2-3-7/h7-8,10H,2-6H2,1H3,(H,11,12). The molecule has 0 aromatic heterocycles. The van der Waals surface area contributed by atoms with Gasteiger partial charge < -0.3 is 5.11 Å². The minimum absolute atomic E-state index is 0.253. The normalized spacial score (nSPS) is 18.5. The van der Waals surface area contributed by atoms with E-state index in [2.05, 4.69) is 0 Å². The minimum atomic E-state index is -3.89. The first kappa shape index (κ1) is 15.4. The first-order valence-corrected chi connectivity index (χ1v) is 9.21. The maximum absolute atomic E-state index is 11.6. The van der Waals surface area contributed by atoms with Crippen molar-refractivity contribution in [3.05, 3.63) is 0 Å². The highest BCUT2D eigenvalue weighted by Crippen LogP contribution is 2.33. The van der Waals surface area contributed by atoms with Gasteiger partial charge in [0.2, 0.25) is 10.0 Å². The molecule has 1 fully saturated rings. The molecule has 0 aliphatic heterocycles. The molecular formula is C9H17NO6S2. The number of carbonyl (C=O) groups is 1. The van der Waals surface area contributed by atoms with Gasteiger partial charge in [-0.25, -0.2) is 21.6 Å². The highest BCUT2D eigenvalue weighted by Gasteiger charge is 2.32. The number of sulfonamides is 1. The van der Waals surface area contributed by atoms with Gasteiger partial charge in [0.25, 0.3) is 0 Å². The molecule has 0 aromatic rings. The Hall–Kier alpha value is -0.670. The summed E-state index contributed by atoms with van der Waals surface area (Å²) >= 11 is 0. The molecule has 0 aromatic carbocycles. The monoisotopic (exact) mass is 299 g/mol. The lowest BCUT2D eigenvalue weighted by Crippen LogP contribution is -2.43. The maximum atomic E-state index is 11.6. The Kier molecular flexibility index (Phi) is 4.73. The van der Waals surface area contributed by atoms with E-state index in [-0.39, 0.29) is 12.3 Å². The van der Waals surface area contributed by atoms with Gasteiger partial charge in [-0.1, -0.05) is 12.8 Å². The zero-order chi connectivity index (χ0) is 14.0. The molecule has 0 heterocycles. The average molecular weight is 299 g/mol. The fourth-order valence-electron chi connectivity index (χ4n) is 1.42. The van der Waals surface area contributed by atoms with Crippen molar-refractivity contribution in [1.82, 2.24) is 4.72 Å². The van der Waals surface area contributed by atoms with Gasteiger partial charge >= 0.3 is 5.97 Å². The number of carboxylic acids is 1. The summed E-state index contributed by atoms with van der Waals surface area (Å²) in [5.74, 6) is -2.10. The Balaban J connectivity index is 2.57. The van der Waals surface area contributed by atoms with Crippen molar-refractivity contribution >= 4 is 25.8 Å². The molecule has 1 atom stereocenters. The van der Waals surface area contributed by atoms with Crippen molar-refractivity contribution in [3.8, 4) is 0 Å². The quantitative estimate of drug-likeness (QED) is 0.606. The molecule has 106 valence electrons. The van der Waals surface area contributed by atoms with Crippen LogP contribution in [0.3, 0.4) is 0 Å². The van der Waals surface area contributed by atoms with Gasteiger partial charge in [-0.05, 0) is 12.3 Å². The van der Waals surface area contributed by atoms with Gasteiger partial charge in [-0.2, -0.15) is 0 Å². The van der Waals surface area contributed by atoms with E-state index in [1.54, 1.807) is 0 Å². The smallest absolute Gasteiger partial charge is 0.321 e. The van der Waals surface area contributed by atoms with Gasteiger partial charge in [0.1, 0.15) is 15.9 Å². The Labute approximate surface area is 107 Å². The average Bonchev–Trinajstić information content (AvgIpc) is 2.96. The second-order valence-corrected chi connectivity index (χ2v) is 8.77. The molecule has 9 heteroatoms. The first-order valence-electron chi connectivity index (χ1n) is 5.49. The van der Waals surface area contributed by atoms with E-state index in [9.17, 15) is 21.6 Å². The van der Waals surface area contributed by atoms with Crippen LogP contribution in [0.5, 0.6) is 0 Å². The van der Waals surface area contributed by atoms with Crippen molar-refractivity contribution in [2.45, 2.75) is 25.3 Å². The van der Waals surface area contributed by atoms with E-state index in [1.165, 1.54) is 0 Å². The third-order valence-corrected chi connectivity index (χ3v) is 5.20. The molecule has 0 amide bonds. The molecular weight excluding hydrogens is 282 g/mol. The number of sulfone groups is 1. The van der Waals surface area contributed by atoms with Crippen LogP contribution in [-0.2, 0) is 24.7 Å². The van der Waals surface area contributed by atoms with E-state index in [4.69, 9.17) is 5.11 Å². The molecule has 0 bridgehead atoms. The number of carboxylic acid groups (broad SMARTS) is 1. The summed E-state index contributed by atoms with van der Waals surface area (Å²) < 4.78 is 46.9. The van der Waals surface area contributed by atoms with Gasteiger partial charge in [0.15, 0.2) is 0 Å². The highest BCUT2D eigenvalue weighted by atomic mass is 32.2. The summed E-state index contributed by atoms with van der Waals surface area (Å²) in [6.07, 6.45) is 3.01. The summed E-state index contributed by atoms with van der Waals surface area (Å²) in [6, 6.07) is -1.16. The lowest BCUT2D eigenvalue weighted by Gasteiger charge is -2.14. The van der Waals surface area contributed by atoms with Crippen LogP contribution in [0.4, 0.5) is 0 Å². The molecule has 0 saturated heterocycles. The maximum Gasteiger partial charge on any atom is 0.321 e. The van der Waals surface area contributed by atoms with Crippen LogP contribution in [0.15, 0.2) is 0 Å². The lowest BCUT2D eigenvalue weighted by molar-refractivity contribution is -0.139. The highest BCUT2D eigenvalue weighted by molar-refractivity contribution is 7.93. The van der Waals surface area contributed by atoms with E-state index in [1.807, 2.05) is 4.72 Å². The topological polar surface area (TPSA) is 118 Å². The Morgan fingerprint density at radius 1 is 1.28 bits per heavy atom. The van der Waals surface area contributed by atoms with Crippen LogP contribution in [-0.4, -0.2) is 51.7 Å². The van der Waals surface area contributed by atoms with Gasteiger partial charge in [0, 0.05) is 6.26 Å². The third kappa shape index (κ3) is 6.31. The molecule has 18 heavy (non-hydrogen) atoms. The molecule has 1 aliphatic carbocycles. The summed E-state index contributed by atoms with van der Waals surface area (Å²) in [5, 5.41) is 8.90. The van der Waals surface area contributed by atoms with Crippen LogP contribution in [0.1, 0.15) is 19.3 Å². The number of nitrogens with one attached hydrogen (secondary N) is 1. The van der Waals surface area contributed by atoms with Crippen molar-refractivity contribution < 1.29 is 26.7 Å². The summed E-state index contributed by atoms with van der Waals surface area (Å²) in [4.78, 5) is 10.9. The fourth-order valence-corrected chi connectivity index (χ4v) is 4.26. The predicted molar refractivity (Wildman–Crippen MR) is 65.4 cm³/mol. The SMILES string of the molecule is CS(=O)(=O)CCS(=O)(=O)NC(CC1CC1)C(=O)O. The van der Waals surface area contributed by atoms with E-state index >= 15 is 0 Å². The molecule has 1 saturated carbocycles. The molecule has 0 radical (unpaired) electrons. The van der Waals surface area contributed by atoms with Gasteiger partial charge in [0.05, 0.1) is 11.5 Å². The molecule has 1 rings (SSSR count). The number of hydrogen-bond donors (Lipinski definition) is 2. The zero-order valence-electron chi connectivity index (χ0n) is 10.00. The molecule has 0 spiro atoms. The van der Waals surface area contributed by atoms with E-state index < -0.39 is 43.4 Å². The van der Waals surface area contributed by atoms with Crippen molar-refractivity contribution in [1.29, 1.82) is 0 Å². The van der Waals surface area contributed by atoms with Crippen molar-refractivity contribution in [2.75, 3.05) is 17.8 Å². The minimum Gasteiger partial charge on any atom is -0.480 e. The lowest BCUT2D eigenvalue weighted by atomic mass is 10.1. The molecule has 1 aliphatic rings. The molecule has 7 nitrogen and oxygen atoms in total. The number of aliphatic carboxylic acids is 1. The van der Waals surface area contributed by atoms with E-state index in [0.29, 0.717) is 0 Å². The zero-order valence-corrected chi connectivity index (χ0v) is 11.6. The van der Waals surface area contributed by atoms with Crippen molar-refractivity contribution in [3.63, 3.8) is 0 Å². The van der Waals surface area contributed by atoms with E-state index in [0.717, 1.165) is 19.1 Å². The second kappa shape index (κ2) is 5.54. The van der Waals surface area contributed by atoms with Crippen LogP contribution < -0.4 is 4.72 Å². The molecule has 2 N–H and O–H groups in total. The number of hydrogen-bond acceptors (Lipinski definition) is 5. The first-order chi connectivity index (χ1) is 8.09. The summed E-state index contributed by atoms with van der Waals surface area (Å²) in [6.45, 7) is 0. The predicted octanol–water partition coefficient (Wildman–Crippen LogP) is -0.796. The second-order valence-electron chi connectivity index (χ2n) is 4.64. The molecule has 1 unspecified atom stereocenters.